The average Bonchev–Trinajstić information content (AvgIpc) is 2.85. The van der Waals surface area contributed by atoms with Crippen LogP contribution in [0.3, 0.4) is 0 Å². The van der Waals surface area contributed by atoms with Gasteiger partial charge in [0.2, 0.25) is 0 Å². The number of benzene rings is 1. The first-order chi connectivity index (χ1) is 8.58. The van der Waals surface area contributed by atoms with Gasteiger partial charge in [-0.2, -0.15) is 0 Å². The third kappa shape index (κ3) is 2.94. The molecular weight excluding hydrogens is 319 g/mol. The molecule has 0 aliphatic rings. The maximum Gasteiger partial charge on any atom is 0.253 e. The zero-order chi connectivity index (χ0) is 13.1. The van der Waals surface area contributed by atoms with Crippen LogP contribution in [-0.2, 0) is 0 Å². The van der Waals surface area contributed by atoms with Gasteiger partial charge in [0, 0.05) is 16.0 Å². The highest BCUT2D eigenvalue weighted by molar-refractivity contribution is 9.10. The van der Waals surface area contributed by atoms with Gasteiger partial charge >= 0.3 is 0 Å². The molecule has 0 spiro atoms. The van der Waals surface area contributed by atoms with Crippen molar-refractivity contribution in [2.45, 2.75) is 13.0 Å². The molecule has 0 bridgehead atoms. The molecule has 2 rings (SSSR count). The van der Waals surface area contributed by atoms with Crippen molar-refractivity contribution in [1.82, 2.24) is 10.3 Å². The molecule has 1 atom stereocenters. The van der Waals surface area contributed by atoms with E-state index in [1.165, 1.54) is 29.5 Å². The molecule has 1 heterocycles. The van der Waals surface area contributed by atoms with Crippen LogP contribution in [0.2, 0.25) is 0 Å². The Labute approximate surface area is 116 Å². The van der Waals surface area contributed by atoms with Gasteiger partial charge in [-0.05, 0) is 41.1 Å². The highest BCUT2D eigenvalue weighted by atomic mass is 79.9. The van der Waals surface area contributed by atoms with Crippen LogP contribution in [-0.4, -0.2) is 10.9 Å². The molecule has 1 amide bonds. The molecule has 1 unspecified atom stereocenters. The van der Waals surface area contributed by atoms with E-state index in [2.05, 4.69) is 26.2 Å². The second kappa shape index (κ2) is 5.58. The van der Waals surface area contributed by atoms with Crippen molar-refractivity contribution in [2.24, 2.45) is 0 Å². The molecule has 0 radical (unpaired) electrons. The number of aromatic nitrogens is 1. The fraction of sp³-hybridized carbons (Fsp3) is 0.167. The normalized spacial score (nSPS) is 12.2. The van der Waals surface area contributed by atoms with Gasteiger partial charge in [0.25, 0.3) is 5.91 Å². The first kappa shape index (κ1) is 13.2. The summed E-state index contributed by atoms with van der Waals surface area (Å²) in [4.78, 5) is 16.1. The molecule has 0 saturated carbocycles. The number of carbonyl (C=O) groups excluding carboxylic acids is 1. The zero-order valence-corrected chi connectivity index (χ0v) is 11.9. The van der Waals surface area contributed by atoms with Crippen molar-refractivity contribution in [3.63, 3.8) is 0 Å². The van der Waals surface area contributed by atoms with E-state index in [1.54, 1.807) is 6.20 Å². The van der Waals surface area contributed by atoms with Crippen LogP contribution in [0.1, 0.15) is 28.3 Å². The number of hydrogen-bond acceptors (Lipinski definition) is 3. The first-order valence-electron chi connectivity index (χ1n) is 5.23. The van der Waals surface area contributed by atoms with E-state index in [1.807, 2.05) is 12.3 Å². The van der Waals surface area contributed by atoms with Crippen molar-refractivity contribution in [3.8, 4) is 0 Å². The van der Waals surface area contributed by atoms with E-state index in [9.17, 15) is 9.18 Å². The summed E-state index contributed by atoms with van der Waals surface area (Å²) in [5, 5.41) is 5.44. The number of carbonyl (C=O) groups is 1. The Balaban J connectivity index is 2.15. The Morgan fingerprint density at radius 3 is 3.00 bits per heavy atom. The van der Waals surface area contributed by atoms with E-state index in [0.29, 0.717) is 4.47 Å². The lowest BCUT2D eigenvalue weighted by atomic mass is 10.2. The summed E-state index contributed by atoms with van der Waals surface area (Å²) < 4.78 is 13.7. The molecular formula is C12H10BrFN2OS. The Hall–Kier alpha value is -1.27. The van der Waals surface area contributed by atoms with Gasteiger partial charge in [-0.3, -0.25) is 4.79 Å². The number of hydrogen-bond donors (Lipinski definition) is 1. The van der Waals surface area contributed by atoms with E-state index in [0.717, 1.165) is 5.01 Å². The predicted molar refractivity (Wildman–Crippen MR) is 72.1 cm³/mol. The standard InChI is InChI=1S/C12H10BrFN2OS/c1-7(12-15-4-5-18-12)16-11(17)9-6-8(14)2-3-10(9)13/h2-7H,1H3,(H,16,17). The minimum Gasteiger partial charge on any atom is -0.343 e. The lowest BCUT2D eigenvalue weighted by Gasteiger charge is -2.12. The van der Waals surface area contributed by atoms with Gasteiger partial charge in [-0.15, -0.1) is 11.3 Å². The summed E-state index contributed by atoms with van der Waals surface area (Å²) >= 11 is 4.69. The number of nitrogens with one attached hydrogen (secondary N) is 1. The Kier molecular flexibility index (Phi) is 4.08. The van der Waals surface area contributed by atoms with Gasteiger partial charge in [-0.25, -0.2) is 9.37 Å². The number of nitrogens with zero attached hydrogens (tertiary/aromatic N) is 1. The Morgan fingerprint density at radius 2 is 2.33 bits per heavy atom. The topological polar surface area (TPSA) is 42.0 Å². The van der Waals surface area contributed by atoms with Crippen LogP contribution >= 0.6 is 27.3 Å². The predicted octanol–water partition coefficient (Wildman–Crippen LogP) is 3.54. The molecule has 0 aliphatic carbocycles. The molecule has 3 nitrogen and oxygen atoms in total. The van der Waals surface area contributed by atoms with E-state index in [-0.39, 0.29) is 17.5 Å². The number of rotatable bonds is 3. The molecule has 6 heteroatoms. The smallest absolute Gasteiger partial charge is 0.253 e. The molecule has 2 aromatic rings. The van der Waals surface area contributed by atoms with Crippen molar-refractivity contribution in [2.75, 3.05) is 0 Å². The van der Waals surface area contributed by atoms with Crippen LogP contribution in [0.15, 0.2) is 34.2 Å². The van der Waals surface area contributed by atoms with Gasteiger partial charge in [-0.1, -0.05) is 0 Å². The van der Waals surface area contributed by atoms with Crippen molar-refractivity contribution in [1.29, 1.82) is 0 Å². The van der Waals surface area contributed by atoms with Crippen molar-refractivity contribution >= 4 is 33.2 Å². The van der Waals surface area contributed by atoms with Crippen molar-refractivity contribution in [3.05, 3.63) is 50.6 Å². The first-order valence-corrected chi connectivity index (χ1v) is 6.90. The molecule has 18 heavy (non-hydrogen) atoms. The zero-order valence-electron chi connectivity index (χ0n) is 9.48. The van der Waals surface area contributed by atoms with Crippen LogP contribution in [0.5, 0.6) is 0 Å². The fourth-order valence-corrected chi connectivity index (χ4v) is 2.53. The number of halogens is 2. The van der Waals surface area contributed by atoms with Gasteiger partial charge in [0.1, 0.15) is 10.8 Å². The molecule has 1 aromatic carbocycles. The average molecular weight is 329 g/mol. The molecule has 1 N–H and O–H groups in total. The fourth-order valence-electron chi connectivity index (χ4n) is 1.46. The minimum absolute atomic E-state index is 0.201. The minimum atomic E-state index is -0.440. The Morgan fingerprint density at radius 1 is 1.56 bits per heavy atom. The maximum absolute atomic E-state index is 13.1. The SMILES string of the molecule is CC(NC(=O)c1cc(F)ccc1Br)c1nccs1. The van der Waals surface area contributed by atoms with Gasteiger partial charge in [0.05, 0.1) is 11.6 Å². The number of thiazole rings is 1. The summed E-state index contributed by atoms with van der Waals surface area (Å²) in [5.74, 6) is -0.769. The maximum atomic E-state index is 13.1. The molecule has 94 valence electrons. The van der Waals surface area contributed by atoms with E-state index < -0.39 is 5.82 Å². The van der Waals surface area contributed by atoms with Crippen LogP contribution < -0.4 is 5.32 Å². The third-order valence-electron chi connectivity index (χ3n) is 2.34. The molecule has 0 saturated heterocycles. The van der Waals surface area contributed by atoms with Gasteiger partial charge < -0.3 is 5.32 Å². The molecule has 1 aromatic heterocycles. The highest BCUT2D eigenvalue weighted by Crippen LogP contribution is 2.20. The van der Waals surface area contributed by atoms with Crippen LogP contribution in [0.4, 0.5) is 4.39 Å². The highest BCUT2D eigenvalue weighted by Gasteiger charge is 2.15. The van der Waals surface area contributed by atoms with Gasteiger partial charge in [0.15, 0.2) is 0 Å². The quantitative estimate of drug-likeness (QED) is 0.936. The summed E-state index contributed by atoms with van der Waals surface area (Å²) in [7, 11) is 0. The van der Waals surface area contributed by atoms with E-state index >= 15 is 0 Å². The van der Waals surface area contributed by atoms with Crippen molar-refractivity contribution < 1.29 is 9.18 Å². The largest absolute Gasteiger partial charge is 0.343 e. The molecule has 0 aliphatic heterocycles. The Bertz CT molecular complexity index is 559. The molecule has 0 fully saturated rings. The number of amides is 1. The van der Waals surface area contributed by atoms with E-state index in [4.69, 9.17) is 0 Å². The third-order valence-corrected chi connectivity index (χ3v) is 3.99. The monoisotopic (exact) mass is 328 g/mol. The summed E-state index contributed by atoms with van der Waals surface area (Å²) in [6, 6.07) is 3.81. The van der Waals surface area contributed by atoms with Crippen LogP contribution in [0, 0.1) is 5.82 Å². The summed E-state index contributed by atoms with van der Waals surface area (Å²) in [5.41, 5.74) is 0.276. The summed E-state index contributed by atoms with van der Waals surface area (Å²) in [6.07, 6.45) is 1.68. The second-order valence-electron chi connectivity index (χ2n) is 3.69. The second-order valence-corrected chi connectivity index (χ2v) is 5.47. The summed E-state index contributed by atoms with van der Waals surface area (Å²) in [6.45, 7) is 1.84. The van der Waals surface area contributed by atoms with Crippen LogP contribution in [0.25, 0.3) is 0 Å². The lowest BCUT2D eigenvalue weighted by Crippen LogP contribution is -2.27. The lowest BCUT2D eigenvalue weighted by molar-refractivity contribution is 0.0938.